The second-order valence-electron chi connectivity index (χ2n) is 6.55. The summed E-state index contributed by atoms with van der Waals surface area (Å²) >= 11 is 1.79. The Hall–Kier alpha value is -0.900. The standard InChI is InChI=1S/C19H33N5OS.HI/c1-4-15(24-13-7-8-18(24)25)9-11-21-19(20-6-3)22-12-10-17-23-14-16(5-2)26-17;/h14-15H,4-13H2,1-3H3,(H2,20,21,22);1H. The van der Waals surface area contributed by atoms with E-state index in [4.69, 9.17) is 0 Å². The van der Waals surface area contributed by atoms with Crippen molar-refractivity contribution >= 4 is 47.2 Å². The van der Waals surface area contributed by atoms with Crippen molar-refractivity contribution in [2.24, 2.45) is 4.99 Å². The zero-order valence-corrected chi connectivity index (χ0v) is 19.9. The van der Waals surface area contributed by atoms with Crippen LogP contribution in [0.5, 0.6) is 0 Å². The third kappa shape index (κ3) is 7.93. The number of thiazole rings is 1. The molecule has 1 aliphatic heterocycles. The van der Waals surface area contributed by atoms with Crippen LogP contribution in [0.1, 0.15) is 56.3 Å². The fraction of sp³-hybridized carbons (Fsp3) is 0.737. The molecular weight excluding hydrogens is 473 g/mol. The highest BCUT2D eigenvalue weighted by Crippen LogP contribution is 2.18. The molecule has 1 aromatic heterocycles. The van der Waals surface area contributed by atoms with Gasteiger partial charge in [0.05, 0.1) is 5.01 Å². The molecule has 0 aromatic carbocycles. The predicted molar refractivity (Wildman–Crippen MR) is 124 cm³/mol. The molecule has 1 saturated heterocycles. The molecule has 0 bridgehead atoms. The first-order valence-corrected chi connectivity index (χ1v) is 10.7. The monoisotopic (exact) mass is 507 g/mol. The maximum atomic E-state index is 11.9. The lowest BCUT2D eigenvalue weighted by Crippen LogP contribution is -2.39. The van der Waals surface area contributed by atoms with E-state index >= 15 is 0 Å². The highest BCUT2D eigenvalue weighted by molar-refractivity contribution is 14.0. The zero-order valence-electron chi connectivity index (χ0n) is 16.8. The number of aliphatic imine (C=N–C) groups is 1. The lowest BCUT2D eigenvalue weighted by molar-refractivity contribution is -0.129. The molecule has 154 valence electrons. The average molecular weight is 507 g/mol. The topological polar surface area (TPSA) is 69.6 Å². The number of nitrogens with one attached hydrogen (secondary N) is 2. The quantitative estimate of drug-likeness (QED) is 0.290. The molecule has 2 heterocycles. The van der Waals surface area contributed by atoms with Crippen LogP contribution in [-0.4, -0.2) is 54.0 Å². The highest BCUT2D eigenvalue weighted by atomic mass is 127. The number of hydrogen-bond donors (Lipinski definition) is 2. The molecule has 1 aromatic rings. The van der Waals surface area contributed by atoms with Gasteiger partial charge in [0.1, 0.15) is 0 Å². The first kappa shape index (κ1) is 24.1. The summed E-state index contributed by atoms with van der Waals surface area (Å²) in [6.45, 7) is 9.69. The molecule has 6 nitrogen and oxygen atoms in total. The number of carbonyl (C=O) groups excluding carboxylic acids is 1. The van der Waals surface area contributed by atoms with E-state index in [1.165, 1.54) is 9.88 Å². The summed E-state index contributed by atoms with van der Waals surface area (Å²) in [6.07, 6.45) is 7.56. The van der Waals surface area contributed by atoms with E-state index in [0.717, 1.165) is 64.2 Å². The largest absolute Gasteiger partial charge is 0.357 e. The molecule has 1 unspecified atom stereocenters. The fourth-order valence-corrected chi connectivity index (χ4v) is 4.08. The first-order chi connectivity index (χ1) is 12.7. The number of hydrogen-bond acceptors (Lipinski definition) is 4. The SMILES string of the molecule is CCNC(=NCCC(CC)N1CCCC1=O)NCCc1ncc(CC)s1.I. The summed E-state index contributed by atoms with van der Waals surface area (Å²) < 4.78 is 0. The molecule has 0 aliphatic carbocycles. The van der Waals surface area contributed by atoms with Crippen molar-refractivity contribution in [1.82, 2.24) is 20.5 Å². The minimum atomic E-state index is 0. The predicted octanol–water partition coefficient (Wildman–Crippen LogP) is 3.21. The van der Waals surface area contributed by atoms with Gasteiger partial charge in [-0.15, -0.1) is 35.3 Å². The Balaban J connectivity index is 0.00000364. The number of halogens is 1. The van der Waals surface area contributed by atoms with E-state index < -0.39 is 0 Å². The molecule has 1 aliphatic rings. The van der Waals surface area contributed by atoms with Crippen LogP contribution >= 0.6 is 35.3 Å². The number of amides is 1. The summed E-state index contributed by atoms with van der Waals surface area (Å²) in [7, 11) is 0. The maximum absolute atomic E-state index is 11.9. The summed E-state index contributed by atoms with van der Waals surface area (Å²) in [5.41, 5.74) is 0. The van der Waals surface area contributed by atoms with E-state index in [9.17, 15) is 4.79 Å². The minimum Gasteiger partial charge on any atom is -0.357 e. The van der Waals surface area contributed by atoms with Crippen LogP contribution in [0.15, 0.2) is 11.2 Å². The Bertz CT molecular complexity index is 592. The van der Waals surface area contributed by atoms with Crippen LogP contribution in [0, 0.1) is 0 Å². The van der Waals surface area contributed by atoms with Gasteiger partial charge in [0.15, 0.2) is 5.96 Å². The Morgan fingerprint density at radius 3 is 2.78 bits per heavy atom. The molecule has 2 N–H and O–H groups in total. The van der Waals surface area contributed by atoms with E-state index in [-0.39, 0.29) is 24.0 Å². The molecule has 0 saturated carbocycles. The van der Waals surface area contributed by atoms with Gasteiger partial charge in [-0.2, -0.15) is 0 Å². The van der Waals surface area contributed by atoms with Crippen molar-refractivity contribution in [3.8, 4) is 0 Å². The number of nitrogens with zero attached hydrogens (tertiary/aromatic N) is 3. The Morgan fingerprint density at radius 1 is 1.37 bits per heavy atom. The van der Waals surface area contributed by atoms with Gasteiger partial charge >= 0.3 is 0 Å². The average Bonchev–Trinajstić information content (AvgIpc) is 3.27. The van der Waals surface area contributed by atoms with Crippen LogP contribution in [-0.2, 0) is 17.6 Å². The van der Waals surface area contributed by atoms with Crippen LogP contribution < -0.4 is 10.6 Å². The third-order valence-corrected chi connectivity index (χ3v) is 5.88. The molecule has 27 heavy (non-hydrogen) atoms. The number of likely N-dealkylation sites (tertiary alicyclic amines) is 1. The van der Waals surface area contributed by atoms with Crippen molar-refractivity contribution in [2.45, 2.75) is 65.3 Å². The summed E-state index contributed by atoms with van der Waals surface area (Å²) in [5, 5.41) is 7.86. The van der Waals surface area contributed by atoms with E-state index in [1.807, 2.05) is 11.1 Å². The Kier molecular flexibility index (Phi) is 11.9. The van der Waals surface area contributed by atoms with Gasteiger partial charge in [-0.1, -0.05) is 13.8 Å². The smallest absolute Gasteiger partial charge is 0.222 e. The third-order valence-electron chi connectivity index (χ3n) is 4.68. The van der Waals surface area contributed by atoms with Gasteiger partial charge in [-0.3, -0.25) is 9.79 Å². The van der Waals surface area contributed by atoms with Crippen molar-refractivity contribution in [1.29, 1.82) is 0 Å². The summed E-state index contributed by atoms with van der Waals surface area (Å²) in [5.74, 6) is 1.16. The number of aryl methyl sites for hydroxylation is 1. The van der Waals surface area contributed by atoms with E-state index in [0.29, 0.717) is 18.4 Å². The van der Waals surface area contributed by atoms with E-state index in [2.05, 4.69) is 41.4 Å². The molecule has 1 amide bonds. The van der Waals surface area contributed by atoms with Gasteiger partial charge in [0.2, 0.25) is 5.91 Å². The second-order valence-corrected chi connectivity index (χ2v) is 7.75. The fourth-order valence-electron chi connectivity index (χ4n) is 3.22. The molecule has 0 radical (unpaired) electrons. The molecular formula is C19H34IN5OS. The normalized spacial score (nSPS) is 15.6. The van der Waals surface area contributed by atoms with Crippen molar-refractivity contribution in [3.63, 3.8) is 0 Å². The van der Waals surface area contributed by atoms with Gasteiger partial charge in [-0.25, -0.2) is 4.98 Å². The highest BCUT2D eigenvalue weighted by Gasteiger charge is 2.26. The molecule has 1 atom stereocenters. The van der Waals surface area contributed by atoms with Gasteiger partial charge < -0.3 is 15.5 Å². The van der Waals surface area contributed by atoms with Crippen molar-refractivity contribution in [2.75, 3.05) is 26.2 Å². The number of guanidine groups is 1. The Morgan fingerprint density at radius 2 is 2.19 bits per heavy atom. The zero-order chi connectivity index (χ0) is 18.8. The number of aromatic nitrogens is 1. The van der Waals surface area contributed by atoms with Gasteiger partial charge in [0.25, 0.3) is 0 Å². The lowest BCUT2D eigenvalue weighted by Gasteiger charge is -2.26. The van der Waals surface area contributed by atoms with Gasteiger partial charge in [0, 0.05) is 56.1 Å². The summed E-state index contributed by atoms with van der Waals surface area (Å²) in [4.78, 5) is 24.5. The number of rotatable bonds is 10. The number of carbonyl (C=O) groups is 1. The molecule has 2 rings (SSSR count). The molecule has 1 fully saturated rings. The van der Waals surface area contributed by atoms with Crippen molar-refractivity contribution in [3.05, 3.63) is 16.1 Å². The lowest BCUT2D eigenvalue weighted by atomic mass is 10.1. The minimum absolute atomic E-state index is 0. The van der Waals surface area contributed by atoms with Crippen LogP contribution in [0.3, 0.4) is 0 Å². The van der Waals surface area contributed by atoms with Crippen LogP contribution in [0.4, 0.5) is 0 Å². The summed E-state index contributed by atoms with van der Waals surface area (Å²) in [6, 6.07) is 0.319. The molecule has 0 spiro atoms. The Labute approximate surface area is 184 Å². The van der Waals surface area contributed by atoms with E-state index in [1.54, 1.807) is 11.3 Å². The van der Waals surface area contributed by atoms with Crippen LogP contribution in [0.25, 0.3) is 0 Å². The molecule has 8 heteroatoms. The van der Waals surface area contributed by atoms with Crippen molar-refractivity contribution < 1.29 is 4.79 Å². The second kappa shape index (κ2) is 13.3. The van der Waals surface area contributed by atoms with Gasteiger partial charge in [-0.05, 0) is 32.6 Å². The first-order valence-electron chi connectivity index (χ1n) is 9.93. The van der Waals surface area contributed by atoms with Crippen LogP contribution in [0.2, 0.25) is 0 Å². The maximum Gasteiger partial charge on any atom is 0.222 e.